The molecule has 0 heterocycles. The lowest BCUT2D eigenvalue weighted by Gasteiger charge is -2.11. The Bertz CT molecular complexity index is 83.3. The molecule has 0 aromatic rings. The highest BCUT2D eigenvalue weighted by molar-refractivity contribution is 4.51. The van der Waals surface area contributed by atoms with Gasteiger partial charge < -0.3 is 15.0 Å². The Morgan fingerprint density at radius 3 is 2.14 bits per heavy atom. The van der Waals surface area contributed by atoms with Crippen LogP contribution >= 0.6 is 0 Å². The summed E-state index contributed by atoms with van der Waals surface area (Å²) >= 11 is 0. The van der Waals surface area contributed by atoms with Crippen molar-refractivity contribution in [3.05, 3.63) is 0 Å². The van der Waals surface area contributed by atoms with Crippen LogP contribution in [0.4, 0.5) is 0 Å². The number of hydrogen-bond donors (Lipinski definition) is 1. The van der Waals surface area contributed by atoms with Crippen LogP contribution in [0.1, 0.15) is 27.7 Å². The van der Waals surface area contributed by atoms with Crippen LogP contribution in [-0.4, -0.2) is 51.3 Å². The zero-order chi connectivity index (χ0) is 11.4. The first-order valence-electron chi connectivity index (χ1n) is 5.58. The molecule has 0 radical (unpaired) electrons. The first-order valence-corrected chi connectivity index (χ1v) is 5.58. The maximum atomic E-state index is 5.39. The maximum Gasteiger partial charge on any atom is 0.0593 e. The summed E-state index contributed by atoms with van der Waals surface area (Å²) in [5.74, 6) is 0. The van der Waals surface area contributed by atoms with Gasteiger partial charge in [0.1, 0.15) is 0 Å². The summed E-state index contributed by atoms with van der Waals surface area (Å²) in [6.45, 7) is 11.9. The summed E-state index contributed by atoms with van der Waals surface area (Å²) in [5, 5.41) is 3.29. The Morgan fingerprint density at radius 2 is 1.71 bits per heavy atom. The summed E-state index contributed by atoms with van der Waals surface area (Å²) < 4.78 is 5.39. The molecule has 0 aliphatic heterocycles. The molecule has 0 aliphatic rings. The second-order valence-corrected chi connectivity index (χ2v) is 3.52. The molecule has 0 bridgehead atoms. The molecule has 1 N–H and O–H groups in total. The molecule has 0 fully saturated rings. The molecule has 88 valence electrons. The third-order valence-corrected chi connectivity index (χ3v) is 1.48. The standard InChI is InChI=1S/C9H22N2O.C2H6/c1-9(2)10-5-7-12-8-6-11(3)4;1-2/h9-10H,5-8H2,1-4H3;1-2H3. The van der Waals surface area contributed by atoms with Crippen molar-refractivity contribution >= 4 is 0 Å². The monoisotopic (exact) mass is 204 g/mol. The number of rotatable bonds is 7. The van der Waals surface area contributed by atoms with Crippen molar-refractivity contribution in [3.63, 3.8) is 0 Å². The molecule has 0 saturated carbocycles. The summed E-state index contributed by atoms with van der Waals surface area (Å²) in [5.41, 5.74) is 0. The van der Waals surface area contributed by atoms with Crippen molar-refractivity contribution < 1.29 is 4.74 Å². The molecule has 0 spiro atoms. The molecule has 0 atom stereocenters. The minimum Gasteiger partial charge on any atom is -0.379 e. The molecular weight excluding hydrogens is 176 g/mol. The van der Waals surface area contributed by atoms with E-state index in [1.165, 1.54) is 0 Å². The van der Waals surface area contributed by atoms with Crippen LogP contribution in [0.3, 0.4) is 0 Å². The second-order valence-electron chi connectivity index (χ2n) is 3.52. The van der Waals surface area contributed by atoms with E-state index in [0.29, 0.717) is 6.04 Å². The van der Waals surface area contributed by atoms with E-state index in [1.807, 2.05) is 13.8 Å². The van der Waals surface area contributed by atoms with Gasteiger partial charge in [-0.05, 0) is 14.1 Å². The predicted octanol–water partition coefficient (Wildman–Crippen LogP) is 1.59. The fourth-order valence-corrected chi connectivity index (χ4v) is 0.769. The number of nitrogens with zero attached hydrogens (tertiary/aromatic N) is 1. The fourth-order valence-electron chi connectivity index (χ4n) is 0.769. The zero-order valence-corrected chi connectivity index (χ0v) is 10.8. The lowest BCUT2D eigenvalue weighted by molar-refractivity contribution is 0.118. The molecule has 0 rings (SSSR count). The van der Waals surface area contributed by atoms with E-state index in [0.717, 1.165) is 26.3 Å². The van der Waals surface area contributed by atoms with Crippen LogP contribution in [0.25, 0.3) is 0 Å². The van der Waals surface area contributed by atoms with Crippen molar-refractivity contribution in [2.24, 2.45) is 0 Å². The highest BCUT2D eigenvalue weighted by atomic mass is 16.5. The number of ether oxygens (including phenoxy) is 1. The van der Waals surface area contributed by atoms with Crippen LogP contribution < -0.4 is 5.32 Å². The Labute approximate surface area is 89.8 Å². The maximum absolute atomic E-state index is 5.39. The summed E-state index contributed by atoms with van der Waals surface area (Å²) in [6.07, 6.45) is 0. The van der Waals surface area contributed by atoms with E-state index in [4.69, 9.17) is 4.74 Å². The normalized spacial score (nSPS) is 10.3. The molecule has 0 aromatic carbocycles. The van der Waals surface area contributed by atoms with Gasteiger partial charge in [0, 0.05) is 19.1 Å². The Hall–Kier alpha value is -0.120. The topological polar surface area (TPSA) is 24.5 Å². The number of likely N-dealkylation sites (N-methyl/N-ethyl adjacent to an activating group) is 1. The third kappa shape index (κ3) is 17.8. The van der Waals surface area contributed by atoms with Gasteiger partial charge in [-0.1, -0.05) is 27.7 Å². The van der Waals surface area contributed by atoms with E-state index in [1.54, 1.807) is 0 Å². The van der Waals surface area contributed by atoms with Crippen LogP contribution in [-0.2, 0) is 4.74 Å². The van der Waals surface area contributed by atoms with Gasteiger partial charge in [0.05, 0.1) is 13.2 Å². The summed E-state index contributed by atoms with van der Waals surface area (Å²) in [4.78, 5) is 2.12. The van der Waals surface area contributed by atoms with Crippen molar-refractivity contribution in [2.75, 3.05) is 40.4 Å². The van der Waals surface area contributed by atoms with Crippen molar-refractivity contribution in [2.45, 2.75) is 33.7 Å². The van der Waals surface area contributed by atoms with Gasteiger partial charge in [0.25, 0.3) is 0 Å². The fraction of sp³-hybridized carbons (Fsp3) is 1.00. The minimum absolute atomic E-state index is 0.558. The Morgan fingerprint density at radius 1 is 1.14 bits per heavy atom. The van der Waals surface area contributed by atoms with Crippen molar-refractivity contribution in [3.8, 4) is 0 Å². The Balaban J connectivity index is 0. The lowest BCUT2D eigenvalue weighted by atomic mass is 10.4. The highest BCUT2D eigenvalue weighted by Crippen LogP contribution is 1.79. The second kappa shape index (κ2) is 12.9. The van der Waals surface area contributed by atoms with E-state index < -0.39 is 0 Å². The van der Waals surface area contributed by atoms with E-state index >= 15 is 0 Å². The Kier molecular flexibility index (Phi) is 15.0. The predicted molar refractivity (Wildman–Crippen MR) is 63.9 cm³/mol. The molecule has 0 aromatic heterocycles. The molecule has 0 aliphatic carbocycles. The molecule has 14 heavy (non-hydrogen) atoms. The molecule has 3 heteroatoms. The summed E-state index contributed by atoms with van der Waals surface area (Å²) in [7, 11) is 4.10. The van der Waals surface area contributed by atoms with Gasteiger partial charge in [0.15, 0.2) is 0 Å². The third-order valence-electron chi connectivity index (χ3n) is 1.48. The van der Waals surface area contributed by atoms with Gasteiger partial charge >= 0.3 is 0 Å². The quantitative estimate of drug-likeness (QED) is 0.637. The van der Waals surface area contributed by atoms with Crippen LogP contribution in [0, 0.1) is 0 Å². The number of hydrogen-bond acceptors (Lipinski definition) is 3. The van der Waals surface area contributed by atoms with Crippen LogP contribution in [0.2, 0.25) is 0 Å². The molecule has 0 unspecified atom stereocenters. The van der Waals surface area contributed by atoms with Crippen LogP contribution in [0.5, 0.6) is 0 Å². The first kappa shape index (κ1) is 16.3. The molecular formula is C11H28N2O. The molecule has 0 amide bonds. The van der Waals surface area contributed by atoms with Gasteiger partial charge in [-0.25, -0.2) is 0 Å². The van der Waals surface area contributed by atoms with E-state index in [9.17, 15) is 0 Å². The van der Waals surface area contributed by atoms with Gasteiger partial charge in [-0.15, -0.1) is 0 Å². The SMILES string of the molecule is CC.CC(C)NCCOCCN(C)C. The lowest BCUT2D eigenvalue weighted by Crippen LogP contribution is -2.27. The molecule has 3 nitrogen and oxygen atoms in total. The zero-order valence-electron chi connectivity index (χ0n) is 10.8. The smallest absolute Gasteiger partial charge is 0.0593 e. The first-order chi connectivity index (χ1) is 6.63. The average molecular weight is 204 g/mol. The van der Waals surface area contributed by atoms with Gasteiger partial charge in [-0.3, -0.25) is 0 Å². The van der Waals surface area contributed by atoms with Gasteiger partial charge in [-0.2, -0.15) is 0 Å². The number of nitrogens with one attached hydrogen (secondary N) is 1. The van der Waals surface area contributed by atoms with Crippen LogP contribution in [0.15, 0.2) is 0 Å². The van der Waals surface area contributed by atoms with Crippen molar-refractivity contribution in [1.82, 2.24) is 10.2 Å². The average Bonchev–Trinajstić information content (AvgIpc) is 2.13. The van der Waals surface area contributed by atoms with Gasteiger partial charge in [0.2, 0.25) is 0 Å². The highest BCUT2D eigenvalue weighted by Gasteiger charge is 1.92. The largest absolute Gasteiger partial charge is 0.379 e. The molecule has 0 saturated heterocycles. The minimum atomic E-state index is 0.558. The van der Waals surface area contributed by atoms with Crippen molar-refractivity contribution in [1.29, 1.82) is 0 Å². The van der Waals surface area contributed by atoms with E-state index in [-0.39, 0.29) is 0 Å². The van der Waals surface area contributed by atoms with E-state index in [2.05, 4.69) is 38.2 Å². The summed E-state index contributed by atoms with van der Waals surface area (Å²) in [6, 6.07) is 0.558.